The van der Waals surface area contributed by atoms with Crippen LogP contribution < -0.4 is 4.74 Å². The first kappa shape index (κ1) is 14.2. The molecule has 0 spiro atoms. The molecule has 1 unspecified atom stereocenters. The molecule has 0 radical (unpaired) electrons. The van der Waals surface area contributed by atoms with Gasteiger partial charge in [0.2, 0.25) is 5.91 Å². The minimum atomic E-state index is -0.770. The first-order chi connectivity index (χ1) is 8.91. The Balaban J connectivity index is 2.09. The van der Waals surface area contributed by atoms with E-state index in [0.29, 0.717) is 30.3 Å². The zero-order chi connectivity index (χ0) is 14.0. The van der Waals surface area contributed by atoms with Crippen LogP contribution in [0.25, 0.3) is 0 Å². The number of β-amino-alcohol motifs (C(OH)–C–C–N with tert-alkyl or cyclic N) is 1. The lowest BCUT2D eigenvalue weighted by molar-refractivity contribution is -0.130. The van der Waals surface area contributed by atoms with Gasteiger partial charge < -0.3 is 14.7 Å². The summed E-state index contributed by atoms with van der Waals surface area (Å²) in [4.78, 5) is 13.9. The number of hydrogen-bond donors (Lipinski definition) is 1. The van der Waals surface area contributed by atoms with Gasteiger partial charge in [-0.25, -0.2) is 0 Å². The summed E-state index contributed by atoms with van der Waals surface area (Å²) in [5, 5.41) is 10.5. The fourth-order valence-electron chi connectivity index (χ4n) is 2.32. The lowest BCUT2D eigenvalue weighted by Gasteiger charge is -2.19. The number of methoxy groups -OCH3 is 1. The summed E-state index contributed by atoms with van der Waals surface area (Å²) in [5.41, 5.74) is 0.000184. The van der Waals surface area contributed by atoms with E-state index >= 15 is 0 Å². The van der Waals surface area contributed by atoms with Crippen molar-refractivity contribution in [3.63, 3.8) is 0 Å². The highest BCUT2D eigenvalue weighted by molar-refractivity contribution is 6.30. The molecule has 0 aromatic heterocycles. The normalized spacial score (nSPS) is 22.6. The van der Waals surface area contributed by atoms with Crippen LogP contribution in [0, 0.1) is 0 Å². The summed E-state index contributed by atoms with van der Waals surface area (Å²) in [7, 11) is 1.57. The van der Waals surface area contributed by atoms with Crippen molar-refractivity contribution in [1.29, 1.82) is 0 Å². The molecule has 1 aliphatic heterocycles. The second-order valence-electron chi connectivity index (χ2n) is 5.20. The van der Waals surface area contributed by atoms with E-state index in [0.717, 1.165) is 5.56 Å². The predicted octanol–water partition coefficient (Wildman–Crippen LogP) is 1.87. The number of ether oxygens (including phenoxy) is 1. The van der Waals surface area contributed by atoms with Crippen molar-refractivity contribution >= 4 is 17.5 Å². The van der Waals surface area contributed by atoms with Gasteiger partial charge in [0.1, 0.15) is 5.75 Å². The van der Waals surface area contributed by atoms with Crippen molar-refractivity contribution in [2.75, 3.05) is 20.2 Å². The third kappa shape index (κ3) is 3.39. The van der Waals surface area contributed by atoms with E-state index in [2.05, 4.69) is 0 Å². The minimum absolute atomic E-state index is 0.0154. The number of halogens is 1. The molecule has 1 atom stereocenters. The van der Waals surface area contributed by atoms with Crippen LogP contribution in [-0.2, 0) is 11.2 Å². The second-order valence-corrected chi connectivity index (χ2v) is 5.63. The number of carbonyl (C=O) groups excluding carboxylic acids is 1. The molecule has 1 aliphatic rings. The molecule has 5 heteroatoms. The summed E-state index contributed by atoms with van der Waals surface area (Å²) in [6.07, 6.45) is 0.852. The molecule has 4 nitrogen and oxygen atoms in total. The molecular weight excluding hydrogens is 266 g/mol. The van der Waals surface area contributed by atoms with Crippen molar-refractivity contribution in [3.8, 4) is 5.75 Å². The summed E-state index contributed by atoms with van der Waals surface area (Å²) in [6.45, 7) is 2.73. The Bertz CT molecular complexity index is 488. The molecule has 19 heavy (non-hydrogen) atoms. The molecule has 1 aromatic carbocycles. The SMILES string of the molecule is COc1ccc(Cl)cc1CC(=O)N1CCC(C)(O)C1. The van der Waals surface area contributed by atoms with E-state index in [1.807, 2.05) is 0 Å². The Labute approximate surface area is 117 Å². The molecule has 1 amide bonds. The Hall–Kier alpha value is -1.26. The molecule has 0 saturated carbocycles. The number of rotatable bonds is 3. The van der Waals surface area contributed by atoms with Gasteiger partial charge in [-0.1, -0.05) is 11.6 Å². The van der Waals surface area contributed by atoms with E-state index in [4.69, 9.17) is 16.3 Å². The predicted molar refractivity (Wildman–Crippen MR) is 73.5 cm³/mol. The fourth-order valence-corrected chi connectivity index (χ4v) is 2.51. The first-order valence-corrected chi connectivity index (χ1v) is 6.62. The molecule has 1 heterocycles. The van der Waals surface area contributed by atoms with Gasteiger partial charge in [0.15, 0.2) is 0 Å². The number of amides is 1. The average Bonchev–Trinajstić information content (AvgIpc) is 2.70. The Morgan fingerprint density at radius 1 is 1.58 bits per heavy atom. The van der Waals surface area contributed by atoms with Crippen molar-refractivity contribution in [1.82, 2.24) is 4.90 Å². The van der Waals surface area contributed by atoms with Crippen LogP contribution in [0.3, 0.4) is 0 Å². The van der Waals surface area contributed by atoms with E-state index in [1.54, 1.807) is 37.1 Å². The highest BCUT2D eigenvalue weighted by Gasteiger charge is 2.33. The van der Waals surface area contributed by atoms with Gasteiger partial charge in [0.25, 0.3) is 0 Å². The van der Waals surface area contributed by atoms with Crippen LogP contribution in [0.15, 0.2) is 18.2 Å². The Morgan fingerprint density at radius 2 is 2.32 bits per heavy atom. The van der Waals surface area contributed by atoms with Gasteiger partial charge in [-0.3, -0.25) is 4.79 Å². The monoisotopic (exact) mass is 283 g/mol. The molecule has 0 aliphatic carbocycles. The molecule has 2 rings (SSSR count). The highest BCUT2D eigenvalue weighted by Crippen LogP contribution is 2.25. The summed E-state index contributed by atoms with van der Waals surface area (Å²) >= 11 is 5.94. The van der Waals surface area contributed by atoms with E-state index in [1.165, 1.54) is 0 Å². The smallest absolute Gasteiger partial charge is 0.227 e. The van der Waals surface area contributed by atoms with Crippen LogP contribution in [0.1, 0.15) is 18.9 Å². The van der Waals surface area contributed by atoms with Gasteiger partial charge in [-0.15, -0.1) is 0 Å². The van der Waals surface area contributed by atoms with Crippen LogP contribution in [-0.4, -0.2) is 41.7 Å². The molecular formula is C14H18ClNO3. The quantitative estimate of drug-likeness (QED) is 0.921. The molecule has 1 fully saturated rings. The Kier molecular flexibility index (Phi) is 4.02. The summed E-state index contributed by atoms with van der Waals surface area (Å²) in [6, 6.07) is 5.23. The minimum Gasteiger partial charge on any atom is -0.496 e. The highest BCUT2D eigenvalue weighted by atomic mass is 35.5. The van der Waals surface area contributed by atoms with Crippen LogP contribution in [0.5, 0.6) is 5.75 Å². The molecule has 0 bridgehead atoms. The van der Waals surface area contributed by atoms with Crippen LogP contribution >= 0.6 is 11.6 Å². The third-order valence-corrected chi connectivity index (χ3v) is 3.62. The summed E-state index contributed by atoms with van der Waals surface area (Å²) in [5.74, 6) is 0.641. The van der Waals surface area contributed by atoms with E-state index < -0.39 is 5.60 Å². The summed E-state index contributed by atoms with van der Waals surface area (Å²) < 4.78 is 5.23. The topological polar surface area (TPSA) is 49.8 Å². The number of likely N-dealkylation sites (tertiary alicyclic amines) is 1. The maximum Gasteiger partial charge on any atom is 0.227 e. The van der Waals surface area contributed by atoms with Crippen molar-refractivity contribution in [2.24, 2.45) is 0 Å². The maximum atomic E-state index is 12.2. The van der Waals surface area contributed by atoms with Crippen LogP contribution in [0.2, 0.25) is 5.02 Å². The fraction of sp³-hybridized carbons (Fsp3) is 0.500. The number of hydrogen-bond acceptors (Lipinski definition) is 3. The molecule has 1 aromatic rings. The lowest BCUT2D eigenvalue weighted by Crippen LogP contribution is -2.34. The van der Waals surface area contributed by atoms with Gasteiger partial charge >= 0.3 is 0 Å². The number of nitrogens with zero attached hydrogens (tertiary/aromatic N) is 1. The third-order valence-electron chi connectivity index (χ3n) is 3.39. The van der Waals surface area contributed by atoms with Crippen molar-refractivity contribution in [2.45, 2.75) is 25.4 Å². The van der Waals surface area contributed by atoms with Gasteiger partial charge in [0, 0.05) is 23.7 Å². The van der Waals surface area contributed by atoms with E-state index in [-0.39, 0.29) is 12.3 Å². The lowest BCUT2D eigenvalue weighted by atomic mass is 10.1. The molecule has 1 saturated heterocycles. The largest absolute Gasteiger partial charge is 0.496 e. The van der Waals surface area contributed by atoms with Gasteiger partial charge in [0.05, 0.1) is 19.1 Å². The first-order valence-electron chi connectivity index (χ1n) is 6.24. The average molecular weight is 284 g/mol. The van der Waals surface area contributed by atoms with Crippen molar-refractivity contribution in [3.05, 3.63) is 28.8 Å². The number of benzene rings is 1. The van der Waals surface area contributed by atoms with Crippen LogP contribution in [0.4, 0.5) is 0 Å². The molecule has 104 valence electrons. The van der Waals surface area contributed by atoms with E-state index in [9.17, 15) is 9.90 Å². The van der Waals surface area contributed by atoms with Crippen molar-refractivity contribution < 1.29 is 14.6 Å². The number of aliphatic hydroxyl groups is 1. The van der Waals surface area contributed by atoms with Gasteiger partial charge in [-0.05, 0) is 31.5 Å². The van der Waals surface area contributed by atoms with Gasteiger partial charge in [-0.2, -0.15) is 0 Å². The number of carbonyl (C=O) groups is 1. The molecule has 1 N–H and O–H groups in total. The zero-order valence-corrected chi connectivity index (χ0v) is 11.9. The standard InChI is InChI=1S/C14H18ClNO3/c1-14(18)5-6-16(9-14)13(17)8-10-7-11(15)3-4-12(10)19-2/h3-4,7,18H,5-6,8-9H2,1-2H3. The zero-order valence-electron chi connectivity index (χ0n) is 11.1. The Morgan fingerprint density at radius 3 is 2.89 bits per heavy atom. The maximum absolute atomic E-state index is 12.2. The second kappa shape index (κ2) is 5.39.